The fraction of sp³-hybridized carbons (Fsp3) is 0.435. The van der Waals surface area contributed by atoms with Crippen LogP contribution >= 0.6 is 11.6 Å². The van der Waals surface area contributed by atoms with Crippen molar-refractivity contribution in [3.63, 3.8) is 0 Å². The first kappa shape index (κ1) is 24.6. The molecule has 2 heterocycles. The Morgan fingerprint density at radius 3 is 2.59 bits per heavy atom. The van der Waals surface area contributed by atoms with Crippen molar-refractivity contribution in [2.24, 2.45) is 0 Å². The predicted molar refractivity (Wildman–Crippen MR) is 130 cm³/mol. The number of aromatic nitrogens is 1. The number of oxazole rings is 1. The molecule has 0 saturated carbocycles. The monoisotopic (exact) mass is 509 g/mol. The zero-order chi connectivity index (χ0) is 24.3. The molecule has 1 aromatic heterocycles. The summed E-state index contributed by atoms with van der Waals surface area (Å²) in [6.45, 7) is 7.35. The number of piperidine rings is 1. The van der Waals surface area contributed by atoms with Crippen LogP contribution in [0.15, 0.2) is 39.6 Å². The third-order valence-electron chi connectivity index (χ3n) is 5.66. The summed E-state index contributed by atoms with van der Waals surface area (Å²) < 4.78 is 49.0. The number of ether oxygens (including phenoxy) is 2. The van der Waals surface area contributed by atoms with Gasteiger partial charge in [0.15, 0.2) is 5.58 Å². The van der Waals surface area contributed by atoms with Gasteiger partial charge in [0.2, 0.25) is 0 Å². The van der Waals surface area contributed by atoms with E-state index >= 15 is 0 Å². The second-order valence-corrected chi connectivity index (χ2v) is 9.88. The Bertz CT molecular complexity index is 1260. The smallest absolute Gasteiger partial charge is 0.295 e. The number of rotatable bonds is 9. The van der Waals surface area contributed by atoms with Crippen molar-refractivity contribution in [1.82, 2.24) is 9.88 Å². The molecular weight excluding hydrogens is 482 g/mol. The van der Waals surface area contributed by atoms with E-state index in [-0.39, 0.29) is 10.9 Å². The molecule has 0 unspecified atom stereocenters. The number of hydrogen-bond acceptors (Lipinski definition) is 8. The van der Waals surface area contributed by atoms with E-state index in [0.29, 0.717) is 47.6 Å². The van der Waals surface area contributed by atoms with E-state index in [1.807, 2.05) is 26.0 Å². The summed E-state index contributed by atoms with van der Waals surface area (Å²) in [5, 5.41) is 3.91. The lowest BCUT2D eigenvalue weighted by Gasteiger charge is -2.32. The molecule has 4 rings (SSSR count). The van der Waals surface area contributed by atoms with Gasteiger partial charge in [0, 0.05) is 31.7 Å². The molecule has 1 fully saturated rings. The van der Waals surface area contributed by atoms with Gasteiger partial charge in [-0.1, -0.05) is 11.6 Å². The van der Waals surface area contributed by atoms with Crippen LogP contribution in [0.25, 0.3) is 11.1 Å². The summed E-state index contributed by atoms with van der Waals surface area (Å²) in [5.74, 6) is 1.38. The van der Waals surface area contributed by atoms with Gasteiger partial charge < -0.3 is 19.2 Å². The SMILES string of the molecule is CCOc1cc(CN2CCC(Nc3nc4cc(S(=O)(=O)O)ccc4o3)CC2)c(Cl)c(OCC)c1. The molecule has 2 aromatic carbocycles. The minimum atomic E-state index is -4.29. The molecule has 34 heavy (non-hydrogen) atoms. The zero-order valence-corrected chi connectivity index (χ0v) is 20.7. The second-order valence-electron chi connectivity index (χ2n) is 8.08. The van der Waals surface area contributed by atoms with E-state index < -0.39 is 10.1 Å². The van der Waals surface area contributed by atoms with Gasteiger partial charge in [0.05, 0.1) is 23.1 Å². The van der Waals surface area contributed by atoms with E-state index in [2.05, 4.69) is 15.2 Å². The zero-order valence-electron chi connectivity index (χ0n) is 19.1. The maximum Gasteiger partial charge on any atom is 0.295 e. The van der Waals surface area contributed by atoms with E-state index in [0.717, 1.165) is 37.2 Å². The Balaban J connectivity index is 1.38. The summed E-state index contributed by atoms with van der Waals surface area (Å²) >= 11 is 6.60. The first-order valence-corrected chi connectivity index (χ1v) is 13.0. The van der Waals surface area contributed by atoms with Crippen LogP contribution in [0, 0.1) is 0 Å². The fourth-order valence-corrected chi connectivity index (χ4v) is 4.76. The molecular formula is C23H28ClN3O6S. The molecule has 184 valence electrons. The van der Waals surface area contributed by atoms with Gasteiger partial charge >= 0.3 is 0 Å². The van der Waals surface area contributed by atoms with Crippen molar-refractivity contribution < 1.29 is 26.9 Å². The van der Waals surface area contributed by atoms with Crippen molar-refractivity contribution in [3.05, 3.63) is 40.9 Å². The van der Waals surface area contributed by atoms with Crippen molar-refractivity contribution in [2.75, 3.05) is 31.6 Å². The van der Waals surface area contributed by atoms with Crippen LogP contribution in [0.2, 0.25) is 5.02 Å². The highest BCUT2D eigenvalue weighted by Gasteiger charge is 2.23. The van der Waals surface area contributed by atoms with Gasteiger partial charge in [-0.3, -0.25) is 9.45 Å². The fourth-order valence-electron chi connectivity index (χ4n) is 4.03. The summed E-state index contributed by atoms with van der Waals surface area (Å²) in [7, 11) is -4.29. The molecule has 11 heteroatoms. The summed E-state index contributed by atoms with van der Waals surface area (Å²) in [6.07, 6.45) is 1.74. The average Bonchev–Trinajstić information content (AvgIpc) is 3.19. The number of fused-ring (bicyclic) bond motifs is 1. The Morgan fingerprint density at radius 2 is 1.91 bits per heavy atom. The Morgan fingerprint density at radius 1 is 1.18 bits per heavy atom. The van der Waals surface area contributed by atoms with Crippen molar-refractivity contribution in [3.8, 4) is 11.5 Å². The van der Waals surface area contributed by atoms with Crippen LogP contribution in [-0.2, 0) is 16.7 Å². The van der Waals surface area contributed by atoms with Crippen molar-refractivity contribution >= 4 is 38.8 Å². The molecule has 0 spiro atoms. The van der Waals surface area contributed by atoms with Crippen LogP contribution in [0.3, 0.4) is 0 Å². The normalized spacial score (nSPS) is 15.5. The highest BCUT2D eigenvalue weighted by molar-refractivity contribution is 7.85. The van der Waals surface area contributed by atoms with Gasteiger partial charge in [-0.05, 0) is 56.5 Å². The molecule has 9 nitrogen and oxygen atoms in total. The topological polar surface area (TPSA) is 114 Å². The molecule has 3 aromatic rings. The lowest BCUT2D eigenvalue weighted by molar-refractivity contribution is 0.209. The number of anilines is 1. The number of benzene rings is 2. The summed E-state index contributed by atoms with van der Waals surface area (Å²) in [5.41, 5.74) is 1.78. The molecule has 1 aliphatic rings. The first-order valence-electron chi connectivity index (χ1n) is 11.2. The summed E-state index contributed by atoms with van der Waals surface area (Å²) in [4.78, 5) is 6.44. The Labute approximate surface area is 203 Å². The molecule has 0 atom stereocenters. The molecule has 0 aliphatic carbocycles. The highest BCUT2D eigenvalue weighted by atomic mass is 35.5. The molecule has 0 radical (unpaired) electrons. The van der Waals surface area contributed by atoms with Crippen LogP contribution in [-0.4, -0.2) is 55.2 Å². The van der Waals surface area contributed by atoms with Crippen LogP contribution in [0.1, 0.15) is 32.3 Å². The second kappa shape index (κ2) is 10.4. The van der Waals surface area contributed by atoms with Crippen LogP contribution in [0.4, 0.5) is 6.01 Å². The Hall–Kier alpha value is -2.53. The number of likely N-dealkylation sites (tertiary alicyclic amines) is 1. The highest BCUT2D eigenvalue weighted by Crippen LogP contribution is 2.35. The number of hydrogen-bond donors (Lipinski definition) is 2. The third-order valence-corrected chi connectivity index (χ3v) is 6.94. The van der Waals surface area contributed by atoms with E-state index in [9.17, 15) is 13.0 Å². The molecule has 0 bridgehead atoms. The van der Waals surface area contributed by atoms with Crippen molar-refractivity contribution in [1.29, 1.82) is 0 Å². The van der Waals surface area contributed by atoms with Crippen molar-refractivity contribution in [2.45, 2.75) is 44.2 Å². The molecule has 1 aliphatic heterocycles. The third kappa shape index (κ3) is 5.75. The van der Waals surface area contributed by atoms with E-state index in [4.69, 9.17) is 25.5 Å². The van der Waals surface area contributed by atoms with Gasteiger partial charge in [-0.25, -0.2) is 0 Å². The Kier molecular flexibility index (Phi) is 7.51. The number of nitrogens with zero attached hydrogens (tertiary/aromatic N) is 2. The first-order chi connectivity index (χ1) is 16.3. The number of nitrogens with one attached hydrogen (secondary N) is 1. The van der Waals surface area contributed by atoms with E-state index in [1.165, 1.54) is 18.2 Å². The summed E-state index contributed by atoms with van der Waals surface area (Å²) in [6, 6.07) is 8.35. The van der Waals surface area contributed by atoms with Gasteiger partial charge in [-0.15, -0.1) is 0 Å². The standard InChI is InChI=1S/C23H28ClN3O6S/c1-3-31-17-11-15(22(24)21(12-17)32-4-2)14-27-9-7-16(8-10-27)25-23-26-19-13-18(34(28,29)30)5-6-20(19)33-23/h5-6,11-13,16H,3-4,7-10,14H2,1-2H3,(H,25,26)(H,28,29,30). The lowest BCUT2D eigenvalue weighted by atomic mass is 10.0. The largest absolute Gasteiger partial charge is 0.494 e. The molecule has 1 saturated heterocycles. The maximum absolute atomic E-state index is 11.3. The van der Waals surface area contributed by atoms with Gasteiger partial charge in [0.1, 0.15) is 17.0 Å². The lowest BCUT2D eigenvalue weighted by Crippen LogP contribution is -2.38. The minimum Gasteiger partial charge on any atom is -0.494 e. The van der Waals surface area contributed by atoms with Crippen LogP contribution in [0.5, 0.6) is 11.5 Å². The molecule has 2 N–H and O–H groups in total. The van der Waals surface area contributed by atoms with Gasteiger partial charge in [0.25, 0.3) is 16.1 Å². The minimum absolute atomic E-state index is 0.162. The maximum atomic E-state index is 11.3. The quantitative estimate of drug-likeness (QED) is 0.399. The predicted octanol–water partition coefficient (Wildman–Crippen LogP) is 4.60. The van der Waals surface area contributed by atoms with E-state index in [1.54, 1.807) is 0 Å². The number of halogens is 1. The average molecular weight is 510 g/mol. The van der Waals surface area contributed by atoms with Crippen LogP contribution < -0.4 is 14.8 Å². The molecule has 0 amide bonds. The van der Waals surface area contributed by atoms with Gasteiger partial charge in [-0.2, -0.15) is 13.4 Å².